The number of hydrogen-bond donors (Lipinski definition) is 2. The number of benzene rings is 1. The van der Waals surface area contributed by atoms with Crippen LogP contribution in [0.3, 0.4) is 0 Å². The summed E-state index contributed by atoms with van der Waals surface area (Å²) in [5, 5.41) is 13.9. The van der Waals surface area contributed by atoms with E-state index in [2.05, 4.69) is 15.3 Å². The van der Waals surface area contributed by atoms with Gasteiger partial charge in [0.05, 0.1) is 16.9 Å². The lowest BCUT2D eigenvalue weighted by molar-refractivity contribution is 0.0354. The van der Waals surface area contributed by atoms with Crippen molar-refractivity contribution in [1.82, 2.24) is 15.3 Å². The summed E-state index contributed by atoms with van der Waals surface area (Å²) < 4.78 is 6.00. The van der Waals surface area contributed by atoms with Crippen LogP contribution in [0.2, 0.25) is 5.02 Å². The Bertz CT molecular complexity index is 1110. The number of hydrogen-bond acceptors (Lipinski definition) is 5. The number of nitrogens with zero attached hydrogens (tertiary/aromatic N) is 2. The highest BCUT2D eigenvalue weighted by Gasteiger charge is 2.40. The molecule has 2 heterocycles. The molecule has 1 atom stereocenters. The molecule has 0 aliphatic heterocycles. The average Bonchev–Trinajstić information content (AvgIpc) is 3.64. The molecule has 1 saturated carbocycles. The molecule has 1 aliphatic carbocycles. The first-order valence-corrected chi connectivity index (χ1v) is 11.0. The predicted octanol–water partition coefficient (Wildman–Crippen LogP) is 4.58. The Labute approximate surface area is 192 Å². The molecule has 1 aromatic carbocycles. The number of aromatic nitrogens is 2. The van der Waals surface area contributed by atoms with E-state index < -0.39 is 5.60 Å². The van der Waals surface area contributed by atoms with Crippen molar-refractivity contribution in [3.05, 3.63) is 76.7 Å². The standard InChI is InChI=1S/C25H26ClN3O3/c1-16-4-3-11-27-22(16)14-32-24-21(17-5-9-20(26)10-6-17)12-18(13-28-24)23(30)29-15-25(2,31)19-7-8-19/h3-6,9-13,19,31H,7-8,14-15H2,1-2H3,(H,29,30)/t25-/m0/s1. The number of nitrogens with one attached hydrogen (secondary N) is 1. The maximum atomic E-state index is 12.8. The molecular formula is C25H26ClN3O3. The minimum atomic E-state index is -0.897. The number of carbonyl (C=O) groups is 1. The van der Waals surface area contributed by atoms with Gasteiger partial charge in [-0.1, -0.05) is 29.8 Å². The van der Waals surface area contributed by atoms with Crippen LogP contribution in [0.5, 0.6) is 5.88 Å². The third-order valence-electron chi connectivity index (χ3n) is 5.80. The Kier molecular flexibility index (Phi) is 6.44. The van der Waals surface area contributed by atoms with E-state index in [1.807, 2.05) is 31.2 Å². The van der Waals surface area contributed by atoms with Crippen molar-refractivity contribution in [1.29, 1.82) is 0 Å². The highest BCUT2D eigenvalue weighted by atomic mass is 35.5. The molecular weight excluding hydrogens is 426 g/mol. The van der Waals surface area contributed by atoms with Crippen LogP contribution in [0, 0.1) is 12.8 Å². The molecule has 6 nitrogen and oxygen atoms in total. The third kappa shape index (κ3) is 5.26. The van der Waals surface area contributed by atoms with Crippen LogP contribution in [0.1, 0.15) is 41.4 Å². The Balaban J connectivity index is 1.57. The lowest BCUT2D eigenvalue weighted by atomic mass is 10.0. The summed E-state index contributed by atoms with van der Waals surface area (Å²) in [5.41, 5.74) is 2.85. The quantitative estimate of drug-likeness (QED) is 0.523. The first kappa shape index (κ1) is 22.2. The van der Waals surface area contributed by atoms with Gasteiger partial charge in [0, 0.05) is 29.5 Å². The molecule has 4 rings (SSSR count). The predicted molar refractivity (Wildman–Crippen MR) is 124 cm³/mol. The van der Waals surface area contributed by atoms with Gasteiger partial charge in [-0.2, -0.15) is 0 Å². The van der Waals surface area contributed by atoms with Crippen molar-refractivity contribution in [3.8, 4) is 17.0 Å². The smallest absolute Gasteiger partial charge is 0.252 e. The molecule has 7 heteroatoms. The first-order chi connectivity index (χ1) is 15.3. The van der Waals surface area contributed by atoms with Crippen LogP contribution >= 0.6 is 11.6 Å². The van der Waals surface area contributed by atoms with Crippen molar-refractivity contribution >= 4 is 17.5 Å². The highest BCUT2D eigenvalue weighted by molar-refractivity contribution is 6.30. The summed E-state index contributed by atoms with van der Waals surface area (Å²) >= 11 is 6.05. The van der Waals surface area contributed by atoms with E-state index in [1.165, 1.54) is 6.20 Å². The summed E-state index contributed by atoms with van der Waals surface area (Å²) in [5.74, 6) is 0.357. The molecule has 3 aromatic rings. The van der Waals surface area contributed by atoms with Gasteiger partial charge < -0.3 is 15.2 Å². The second kappa shape index (κ2) is 9.27. The molecule has 0 bridgehead atoms. The highest BCUT2D eigenvalue weighted by Crippen LogP contribution is 2.39. The number of rotatable bonds is 8. The van der Waals surface area contributed by atoms with Crippen LogP contribution in [-0.2, 0) is 6.61 Å². The average molecular weight is 452 g/mol. The zero-order valence-corrected chi connectivity index (χ0v) is 18.9. The minimum Gasteiger partial charge on any atom is -0.471 e. The zero-order chi connectivity index (χ0) is 22.7. The van der Waals surface area contributed by atoms with E-state index in [9.17, 15) is 9.90 Å². The molecule has 0 radical (unpaired) electrons. The van der Waals surface area contributed by atoms with Gasteiger partial charge in [0.1, 0.15) is 6.61 Å². The molecule has 0 unspecified atom stereocenters. The van der Waals surface area contributed by atoms with E-state index in [4.69, 9.17) is 16.3 Å². The Morgan fingerprint density at radius 1 is 1.25 bits per heavy atom. The Hall–Kier alpha value is -2.96. The van der Waals surface area contributed by atoms with Gasteiger partial charge in [-0.15, -0.1) is 0 Å². The lowest BCUT2D eigenvalue weighted by Gasteiger charge is -2.23. The minimum absolute atomic E-state index is 0.198. The van der Waals surface area contributed by atoms with Crippen molar-refractivity contribution in [2.75, 3.05) is 6.54 Å². The zero-order valence-electron chi connectivity index (χ0n) is 18.1. The van der Waals surface area contributed by atoms with Crippen molar-refractivity contribution in [3.63, 3.8) is 0 Å². The van der Waals surface area contributed by atoms with E-state index in [0.29, 0.717) is 22.0 Å². The molecule has 32 heavy (non-hydrogen) atoms. The van der Waals surface area contributed by atoms with Crippen LogP contribution in [0.25, 0.3) is 11.1 Å². The summed E-state index contributed by atoms with van der Waals surface area (Å²) in [7, 11) is 0. The first-order valence-electron chi connectivity index (χ1n) is 10.6. The van der Waals surface area contributed by atoms with E-state index in [1.54, 1.807) is 31.3 Å². The van der Waals surface area contributed by atoms with Gasteiger partial charge in [-0.05, 0) is 68.0 Å². The van der Waals surface area contributed by atoms with Crippen LogP contribution in [-0.4, -0.2) is 33.1 Å². The Morgan fingerprint density at radius 3 is 2.69 bits per heavy atom. The molecule has 1 amide bonds. The number of aliphatic hydroxyl groups is 1. The molecule has 2 N–H and O–H groups in total. The number of pyridine rings is 2. The van der Waals surface area contributed by atoms with Gasteiger partial charge in [0.15, 0.2) is 0 Å². The van der Waals surface area contributed by atoms with Crippen molar-refractivity contribution in [2.45, 2.75) is 38.9 Å². The van der Waals surface area contributed by atoms with E-state index in [0.717, 1.165) is 29.7 Å². The van der Waals surface area contributed by atoms with Crippen molar-refractivity contribution < 1.29 is 14.6 Å². The fraction of sp³-hybridized carbons (Fsp3) is 0.320. The monoisotopic (exact) mass is 451 g/mol. The maximum Gasteiger partial charge on any atom is 0.252 e. The largest absolute Gasteiger partial charge is 0.471 e. The van der Waals surface area contributed by atoms with Gasteiger partial charge in [-0.25, -0.2) is 4.98 Å². The summed E-state index contributed by atoms with van der Waals surface area (Å²) in [6.07, 6.45) is 5.20. The number of ether oxygens (including phenoxy) is 1. The summed E-state index contributed by atoms with van der Waals surface area (Å²) in [6, 6.07) is 12.9. The number of aryl methyl sites for hydroxylation is 1. The molecule has 166 valence electrons. The summed E-state index contributed by atoms with van der Waals surface area (Å²) in [4.78, 5) is 21.6. The van der Waals surface area contributed by atoms with E-state index in [-0.39, 0.29) is 25.0 Å². The van der Waals surface area contributed by atoms with Crippen LogP contribution in [0.4, 0.5) is 0 Å². The lowest BCUT2D eigenvalue weighted by Crippen LogP contribution is -2.42. The third-order valence-corrected chi connectivity index (χ3v) is 6.05. The van der Waals surface area contributed by atoms with E-state index >= 15 is 0 Å². The SMILES string of the molecule is Cc1cccnc1COc1ncc(C(=O)NC[C@](C)(O)C2CC2)cc1-c1ccc(Cl)cc1. The summed E-state index contributed by atoms with van der Waals surface area (Å²) in [6.45, 7) is 4.20. The number of halogens is 1. The Morgan fingerprint density at radius 2 is 2.00 bits per heavy atom. The van der Waals surface area contributed by atoms with Crippen LogP contribution in [0.15, 0.2) is 54.9 Å². The second-order valence-electron chi connectivity index (χ2n) is 8.45. The normalized spacial score (nSPS) is 15.1. The van der Waals surface area contributed by atoms with Gasteiger partial charge in [0.25, 0.3) is 5.91 Å². The molecule has 0 saturated heterocycles. The van der Waals surface area contributed by atoms with Crippen molar-refractivity contribution in [2.24, 2.45) is 5.92 Å². The molecule has 2 aromatic heterocycles. The maximum absolute atomic E-state index is 12.8. The fourth-order valence-electron chi connectivity index (χ4n) is 3.54. The number of carbonyl (C=O) groups excluding carboxylic acids is 1. The van der Waals surface area contributed by atoms with Gasteiger partial charge in [0.2, 0.25) is 5.88 Å². The van der Waals surface area contributed by atoms with Gasteiger partial charge >= 0.3 is 0 Å². The number of amides is 1. The van der Waals surface area contributed by atoms with Crippen LogP contribution < -0.4 is 10.1 Å². The fourth-order valence-corrected chi connectivity index (χ4v) is 3.67. The molecule has 1 aliphatic rings. The second-order valence-corrected chi connectivity index (χ2v) is 8.89. The topological polar surface area (TPSA) is 84.3 Å². The van der Waals surface area contributed by atoms with Gasteiger partial charge in [-0.3, -0.25) is 9.78 Å². The molecule has 1 fully saturated rings. The molecule has 0 spiro atoms.